The first-order chi connectivity index (χ1) is 7.49. The average molecular weight is 245 g/mol. The third-order valence-electron chi connectivity index (χ3n) is 3.09. The van der Waals surface area contributed by atoms with E-state index in [0.717, 1.165) is 25.2 Å². The molecule has 1 N–H and O–H groups in total. The smallest absolute Gasteiger partial charge is 0.0813 e. The highest BCUT2D eigenvalue weighted by Gasteiger charge is 2.40. The summed E-state index contributed by atoms with van der Waals surface area (Å²) >= 11 is 2.01. The van der Waals surface area contributed by atoms with E-state index in [1.165, 1.54) is 12.2 Å². The number of hydrogen-bond acceptors (Lipinski definition) is 4. The highest BCUT2D eigenvalue weighted by atomic mass is 32.2. The Bertz CT molecular complexity index is 234. The van der Waals surface area contributed by atoms with E-state index < -0.39 is 0 Å². The molecule has 0 radical (unpaired) electrons. The quantitative estimate of drug-likeness (QED) is 0.757. The summed E-state index contributed by atoms with van der Waals surface area (Å²) in [4.78, 5) is 5.66. The predicted octanol–water partition coefficient (Wildman–Crippen LogP) is 2.36. The second kappa shape index (κ2) is 4.84. The average Bonchev–Trinajstić information content (AvgIpc) is 2.63. The van der Waals surface area contributed by atoms with Crippen molar-refractivity contribution in [3.8, 4) is 0 Å². The van der Waals surface area contributed by atoms with Crippen LogP contribution in [-0.2, 0) is 9.57 Å². The molecule has 0 aromatic carbocycles. The Labute approximate surface area is 103 Å². The van der Waals surface area contributed by atoms with Crippen molar-refractivity contribution in [2.45, 2.75) is 57.3 Å². The van der Waals surface area contributed by atoms with Gasteiger partial charge >= 0.3 is 0 Å². The standard InChI is InChI=1S/C12H23NO2S/c1-11(2,3)15-13-10-4-6-14-12(8-10)5-7-16-9-12/h10,13H,4-9H2,1-3H3. The molecule has 94 valence electrons. The van der Waals surface area contributed by atoms with Gasteiger partial charge in [-0.05, 0) is 45.8 Å². The molecule has 0 bridgehead atoms. The maximum atomic E-state index is 5.97. The Morgan fingerprint density at radius 3 is 2.88 bits per heavy atom. The minimum absolute atomic E-state index is 0.115. The van der Waals surface area contributed by atoms with E-state index in [2.05, 4.69) is 26.3 Å². The fourth-order valence-electron chi connectivity index (χ4n) is 2.25. The summed E-state index contributed by atoms with van der Waals surface area (Å²) < 4.78 is 5.97. The lowest BCUT2D eigenvalue weighted by molar-refractivity contribution is -0.132. The number of nitrogens with one attached hydrogen (secondary N) is 1. The van der Waals surface area contributed by atoms with Crippen LogP contribution < -0.4 is 5.48 Å². The molecule has 1 spiro atoms. The van der Waals surface area contributed by atoms with Gasteiger partial charge in [-0.15, -0.1) is 0 Å². The number of hydrogen-bond donors (Lipinski definition) is 1. The lowest BCUT2D eigenvalue weighted by Gasteiger charge is -2.38. The maximum absolute atomic E-state index is 5.97. The fourth-order valence-corrected chi connectivity index (χ4v) is 3.63. The van der Waals surface area contributed by atoms with Crippen LogP contribution in [0.4, 0.5) is 0 Å². The molecule has 2 fully saturated rings. The third-order valence-corrected chi connectivity index (χ3v) is 4.31. The summed E-state index contributed by atoms with van der Waals surface area (Å²) in [5.74, 6) is 2.40. The molecule has 4 heteroatoms. The highest BCUT2D eigenvalue weighted by molar-refractivity contribution is 7.99. The zero-order chi connectivity index (χ0) is 11.6. The summed E-state index contributed by atoms with van der Waals surface area (Å²) in [6, 6.07) is 0.451. The molecule has 2 heterocycles. The number of thioether (sulfide) groups is 1. The summed E-state index contributed by atoms with van der Waals surface area (Å²) in [7, 11) is 0. The molecular formula is C12H23NO2S. The van der Waals surface area contributed by atoms with E-state index >= 15 is 0 Å². The van der Waals surface area contributed by atoms with E-state index in [0.29, 0.717) is 6.04 Å². The molecule has 0 aromatic rings. The molecule has 0 saturated carbocycles. The SMILES string of the molecule is CC(C)(C)ONC1CCOC2(CCSC2)C1. The summed E-state index contributed by atoms with van der Waals surface area (Å²) in [5, 5.41) is 0. The minimum Gasteiger partial charge on any atom is -0.374 e. The van der Waals surface area contributed by atoms with Crippen LogP contribution in [0.3, 0.4) is 0 Å². The van der Waals surface area contributed by atoms with Crippen LogP contribution in [0.25, 0.3) is 0 Å². The van der Waals surface area contributed by atoms with Gasteiger partial charge in [0.25, 0.3) is 0 Å². The second-order valence-corrected chi connectivity index (χ2v) is 6.96. The van der Waals surface area contributed by atoms with E-state index in [9.17, 15) is 0 Å². The van der Waals surface area contributed by atoms with Gasteiger partial charge in [0.05, 0.1) is 11.2 Å². The van der Waals surface area contributed by atoms with Crippen molar-refractivity contribution in [3.63, 3.8) is 0 Å². The van der Waals surface area contributed by atoms with Crippen molar-refractivity contribution in [1.82, 2.24) is 5.48 Å². The van der Waals surface area contributed by atoms with Crippen LogP contribution in [0.5, 0.6) is 0 Å². The Morgan fingerprint density at radius 1 is 1.44 bits per heavy atom. The zero-order valence-corrected chi connectivity index (χ0v) is 11.4. The van der Waals surface area contributed by atoms with Crippen molar-refractivity contribution < 1.29 is 9.57 Å². The molecule has 3 nitrogen and oxygen atoms in total. The first-order valence-electron chi connectivity index (χ1n) is 6.14. The molecule has 2 aliphatic heterocycles. The van der Waals surface area contributed by atoms with Crippen molar-refractivity contribution >= 4 is 11.8 Å². The van der Waals surface area contributed by atoms with Gasteiger partial charge in [-0.3, -0.25) is 4.84 Å². The van der Waals surface area contributed by atoms with Crippen LogP contribution in [0.15, 0.2) is 0 Å². The first kappa shape index (κ1) is 12.7. The third kappa shape index (κ3) is 3.36. The molecule has 16 heavy (non-hydrogen) atoms. The molecule has 2 rings (SSSR count). The van der Waals surface area contributed by atoms with Crippen LogP contribution in [-0.4, -0.2) is 35.4 Å². The van der Waals surface area contributed by atoms with E-state index in [1.54, 1.807) is 0 Å². The van der Waals surface area contributed by atoms with Gasteiger partial charge in [0.15, 0.2) is 0 Å². The molecule has 2 unspecified atom stereocenters. The highest BCUT2D eigenvalue weighted by Crippen LogP contribution is 2.38. The Morgan fingerprint density at radius 2 is 2.25 bits per heavy atom. The molecular weight excluding hydrogens is 222 g/mol. The van der Waals surface area contributed by atoms with E-state index in [1.807, 2.05) is 11.8 Å². The Balaban J connectivity index is 1.82. The molecule has 0 aromatic heterocycles. The van der Waals surface area contributed by atoms with Crippen LogP contribution in [0.2, 0.25) is 0 Å². The van der Waals surface area contributed by atoms with Gasteiger partial charge in [-0.2, -0.15) is 17.2 Å². The molecule has 2 aliphatic rings. The van der Waals surface area contributed by atoms with Crippen LogP contribution in [0, 0.1) is 0 Å². The van der Waals surface area contributed by atoms with Crippen molar-refractivity contribution in [3.05, 3.63) is 0 Å². The maximum Gasteiger partial charge on any atom is 0.0813 e. The second-order valence-electron chi connectivity index (χ2n) is 5.86. The normalized spacial score (nSPS) is 35.8. The predicted molar refractivity (Wildman–Crippen MR) is 67.6 cm³/mol. The topological polar surface area (TPSA) is 30.5 Å². The molecule has 0 amide bonds. The number of hydroxylamine groups is 1. The van der Waals surface area contributed by atoms with Gasteiger partial charge in [-0.25, -0.2) is 0 Å². The van der Waals surface area contributed by atoms with Crippen molar-refractivity contribution in [2.24, 2.45) is 0 Å². The van der Waals surface area contributed by atoms with Gasteiger partial charge in [0.1, 0.15) is 0 Å². The van der Waals surface area contributed by atoms with Gasteiger partial charge in [0, 0.05) is 18.4 Å². The summed E-state index contributed by atoms with van der Waals surface area (Å²) in [6.45, 7) is 7.08. The summed E-state index contributed by atoms with van der Waals surface area (Å²) in [6.07, 6.45) is 3.35. The fraction of sp³-hybridized carbons (Fsp3) is 1.00. The zero-order valence-electron chi connectivity index (χ0n) is 10.5. The first-order valence-corrected chi connectivity index (χ1v) is 7.30. The Hall–Kier alpha value is 0.230. The molecule has 2 atom stereocenters. The molecule has 2 saturated heterocycles. The largest absolute Gasteiger partial charge is 0.374 e. The van der Waals surface area contributed by atoms with Crippen molar-refractivity contribution in [2.75, 3.05) is 18.1 Å². The van der Waals surface area contributed by atoms with Gasteiger partial charge in [-0.1, -0.05) is 0 Å². The monoisotopic (exact) mass is 245 g/mol. The number of rotatable bonds is 2. The Kier molecular flexibility index (Phi) is 3.84. The summed E-state index contributed by atoms with van der Waals surface area (Å²) in [5.41, 5.74) is 3.25. The number of ether oxygens (including phenoxy) is 1. The lowest BCUT2D eigenvalue weighted by atomic mass is 9.90. The van der Waals surface area contributed by atoms with Gasteiger partial charge < -0.3 is 4.74 Å². The lowest BCUT2D eigenvalue weighted by Crippen LogP contribution is -2.48. The van der Waals surface area contributed by atoms with Gasteiger partial charge in [0.2, 0.25) is 0 Å². The molecule has 0 aliphatic carbocycles. The van der Waals surface area contributed by atoms with E-state index in [-0.39, 0.29) is 11.2 Å². The van der Waals surface area contributed by atoms with Crippen LogP contribution >= 0.6 is 11.8 Å². The van der Waals surface area contributed by atoms with Crippen LogP contribution in [0.1, 0.15) is 40.0 Å². The van der Waals surface area contributed by atoms with Crippen molar-refractivity contribution in [1.29, 1.82) is 0 Å². The van der Waals surface area contributed by atoms with E-state index in [4.69, 9.17) is 9.57 Å². The minimum atomic E-state index is -0.115.